The summed E-state index contributed by atoms with van der Waals surface area (Å²) in [4.78, 5) is 0. The van der Waals surface area contributed by atoms with Gasteiger partial charge in [0.15, 0.2) is 11.5 Å². The summed E-state index contributed by atoms with van der Waals surface area (Å²) in [5.41, 5.74) is 4.66. The Kier molecular flexibility index (Phi) is 2.91. The maximum Gasteiger partial charge on any atom is 0.157 e. The molecular formula is C16H17NO2. The van der Waals surface area contributed by atoms with E-state index >= 15 is 0 Å². The van der Waals surface area contributed by atoms with Gasteiger partial charge in [-0.05, 0) is 42.2 Å². The van der Waals surface area contributed by atoms with Crippen LogP contribution < -0.4 is 5.32 Å². The van der Waals surface area contributed by atoms with Crippen LogP contribution in [0.5, 0.6) is 11.5 Å². The van der Waals surface area contributed by atoms with Crippen LogP contribution in [0.1, 0.15) is 28.3 Å². The summed E-state index contributed by atoms with van der Waals surface area (Å²) < 4.78 is 0. The Labute approximate surface area is 112 Å². The van der Waals surface area contributed by atoms with Crippen molar-refractivity contribution in [3.8, 4) is 11.5 Å². The molecule has 3 nitrogen and oxygen atoms in total. The van der Waals surface area contributed by atoms with Crippen LogP contribution in [0.25, 0.3) is 0 Å². The predicted octanol–water partition coefficient (Wildman–Crippen LogP) is 2.79. The van der Waals surface area contributed by atoms with Crippen LogP contribution in [-0.4, -0.2) is 10.2 Å². The number of hydrogen-bond acceptors (Lipinski definition) is 3. The summed E-state index contributed by atoms with van der Waals surface area (Å²) >= 11 is 0. The third-order valence-corrected chi connectivity index (χ3v) is 3.74. The number of phenols is 2. The molecule has 98 valence electrons. The highest BCUT2D eigenvalue weighted by atomic mass is 16.3. The zero-order valence-electron chi connectivity index (χ0n) is 10.9. The monoisotopic (exact) mass is 255 g/mol. The number of phenolic OH excluding ortho intramolecular Hbond substituents is 2. The Morgan fingerprint density at radius 2 is 1.63 bits per heavy atom. The van der Waals surface area contributed by atoms with Crippen LogP contribution in [0.2, 0.25) is 0 Å². The van der Waals surface area contributed by atoms with Gasteiger partial charge in [0.1, 0.15) is 0 Å². The van der Waals surface area contributed by atoms with E-state index in [2.05, 4.69) is 36.5 Å². The Hall–Kier alpha value is -2.00. The fraction of sp³-hybridized carbons (Fsp3) is 0.250. The normalized spacial score (nSPS) is 18.1. The molecule has 0 amide bonds. The van der Waals surface area contributed by atoms with E-state index in [1.165, 1.54) is 11.1 Å². The third-order valence-electron chi connectivity index (χ3n) is 3.74. The first-order valence-electron chi connectivity index (χ1n) is 6.47. The zero-order chi connectivity index (χ0) is 13.4. The average Bonchev–Trinajstić information content (AvgIpc) is 2.40. The number of benzene rings is 2. The van der Waals surface area contributed by atoms with Crippen molar-refractivity contribution in [3.05, 3.63) is 58.7 Å². The summed E-state index contributed by atoms with van der Waals surface area (Å²) in [5, 5.41) is 22.6. The second-order valence-electron chi connectivity index (χ2n) is 5.16. The standard InChI is InChI=1S/C16H17NO2/c1-10-2-4-11(5-3-10)14-6-12-7-15(18)16(19)8-13(12)9-17-14/h2-5,7-8,14,17-19H,6,9H2,1H3/t14-/m1/s1. The quantitative estimate of drug-likeness (QED) is 0.687. The zero-order valence-corrected chi connectivity index (χ0v) is 10.9. The Morgan fingerprint density at radius 3 is 2.32 bits per heavy atom. The summed E-state index contributed by atoms with van der Waals surface area (Å²) in [5.74, 6) is -0.0855. The molecule has 0 fully saturated rings. The molecule has 2 aromatic carbocycles. The summed E-state index contributed by atoms with van der Waals surface area (Å²) in [6.45, 7) is 2.79. The van der Waals surface area contributed by atoms with Crippen LogP contribution in [0.4, 0.5) is 0 Å². The number of aromatic hydroxyl groups is 2. The second kappa shape index (κ2) is 4.59. The van der Waals surface area contributed by atoms with Crippen molar-refractivity contribution in [2.24, 2.45) is 0 Å². The lowest BCUT2D eigenvalue weighted by molar-refractivity contribution is 0.399. The molecule has 0 aliphatic carbocycles. The highest BCUT2D eigenvalue weighted by Crippen LogP contribution is 2.33. The van der Waals surface area contributed by atoms with E-state index in [-0.39, 0.29) is 17.5 Å². The lowest BCUT2D eigenvalue weighted by Crippen LogP contribution is -2.28. The lowest BCUT2D eigenvalue weighted by atomic mass is 9.91. The molecule has 0 bridgehead atoms. The van der Waals surface area contributed by atoms with E-state index in [9.17, 15) is 10.2 Å². The average molecular weight is 255 g/mol. The third kappa shape index (κ3) is 2.29. The number of hydrogen-bond donors (Lipinski definition) is 3. The Balaban J connectivity index is 1.89. The minimum absolute atomic E-state index is 0.0386. The van der Waals surface area contributed by atoms with E-state index in [1.54, 1.807) is 12.1 Å². The molecule has 0 aromatic heterocycles. The maximum atomic E-state index is 9.60. The molecule has 1 heterocycles. The summed E-state index contributed by atoms with van der Waals surface area (Å²) in [6.07, 6.45) is 0.826. The molecule has 0 radical (unpaired) electrons. The van der Waals surface area contributed by atoms with Crippen LogP contribution in [0.3, 0.4) is 0 Å². The van der Waals surface area contributed by atoms with Gasteiger partial charge in [-0.25, -0.2) is 0 Å². The molecule has 0 spiro atoms. The van der Waals surface area contributed by atoms with Gasteiger partial charge in [0.2, 0.25) is 0 Å². The molecule has 1 aliphatic heterocycles. The van der Waals surface area contributed by atoms with Gasteiger partial charge < -0.3 is 15.5 Å². The number of rotatable bonds is 1. The topological polar surface area (TPSA) is 52.5 Å². The number of fused-ring (bicyclic) bond motifs is 1. The van der Waals surface area contributed by atoms with Gasteiger partial charge in [-0.1, -0.05) is 29.8 Å². The highest BCUT2D eigenvalue weighted by Gasteiger charge is 2.20. The Morgan fingerprint density at radius 1 is 1.00 bits per heavy atom. The summed E-state index contributed by atoms with van der Waals surface area (Å²) in [6, 6.07) is 12.1. The minimum Gasteiger partial charge on any atom is -0.504 e. The minimum atomic E-state index is -0.0469. The SMILES string of the molecule is Cc1ccc([C@H]2Cc3cc(O)c(O)cc3CN2)cc1. The molecule has 2 aromatic rings. The lowest BCUT2D eigenvalue weighted by Gasteiger charge is -2.27. The van der Waals surface area contributed by atoms with Gasteiger partial charge in [0.25, 0.3) is 0 Å². The van der Waals surface area contributed by atoms with Crippen LogP contribution in [0, 0.1) is 6.92 Å². The number of nitrogens with one attached hydrogen (secondary N) is 1. The van der Waals surface area contributed by atoms with Gasteiger partial charge in [-0.15, -0.1) is 0 Å². The van der Waals surface area contributed by atoms with Crippen molar-refractivity contribution < 1.29 is 10.2 Å². The fourth-order valence-corrected chi connectivity index (χ4v) is 2.58. The van der Waals surface area contributed by atoms with Crippen molar-refractivity contribution in [1.82, 2.24) is 5.32 Å². The van der Waals surface area contributed by atoms with Gasteiger partial charge in [-0.3, -0.25) is 0 Å². The molecule has 1 atom stereocenters. The molecule has 0 unspecified atom stereocenters. The van der Waals surface area contributed by atoms with Gasteiger partial charge >= 0.3 is 0 Å². The van der Waals surface area contributed by atoms with Gasteiger partial charge in [0.05, 0.1) is 0 Å². The molecule has 19 heavy (non-hydrogen) atoms. The van der Waals surface area contributed by atoms with E-state index in [0.717, 1.165) is 17.5 Å². The maximum absolute atomic E-state index is 9.60. The van der Waals surface area contributed by atoms with E-state index < -0.39 is 0 Å². The molecule has 3 heteroatoms. The van der Waals surface area contributed by atoms with Crippen molar-refractivity contribution in [2.45, 2.75) is 25.9 Å². The predicted molar refractivity (Wildman–Crippen MR) is 74.2 cm³/mol. The first kappa shape index (κ1) is 12.1. The first-order chi connectivity index (χ1) is 9.13. The van der Waals surface area contributed by atoms with E-state index in [0.29, 0.717) is 6.54 Å². The first-order valence-corrected chi connectivity index (χ1v) is 6.47. The largest absolute Gasteiger partial charge is 0.504 e. The smallest absolute Gasteiger partial charge is 0.157 e. The molecule has 0 saturated heterocycles. The van der Waals surface area contributed by atoms with Crippen molar-refractivity contribution in [1.29, 1.82) is 0 Å². The molecule has 1 aliphatic rings. The fourth-order valence-electron chi connectivity index (χ4n) is 2.58. The number of aryl methyl sites for hydroxylation is 1. The Bertz CT molecular complexity index is 605. The molecule has 3 rings (SSSR count). The van der Waals surface area contributed by atoms with E-state index in [4.69, 9.17) is 0 Å². The van der Waals surface area contributed by atoms with Crippen molar-refractivity contribution >= 4 is 0 Å². The summed E-state index contributed by atoms with van der Waals surface area (Å²) in [7, 11) is 0. The molecule has 3 N–H and O–H groups in total. The van der Waals surface area contributed by atoms with Crippen LogP contribution in [0.15, 0.2) is 36.4 Å². The van der Waals surface area contributed by atoms with E-state index in [1.807, 2.05) is 0 Å². The van der Waals surface area contributed by atoms with Crippen LogP contribution in [-0.2, 0) is 13.0 Å². The van der Waals surface area contributed by atoms with Gasteiger partial charge in [0, 0.05) is 12.6 Å². The van der Waals surface area contributed by atoms with Gasteiger partial charge in [-0.2, -0.15) is 0 Å². The molecule has 0 saturated carbocycles. The molecular weight excluding hydrogens is 238 g/mol. The highest BCUT2D eigenvalue weighted by molar-refractivity contribution is 5.47. The van der Waals surface area contributed by atoms with Crippen molar-refractivity contribution in [2.75, 3.05) is 0 Å². The second-order valence-corrected chi connectivity index (χ2v) is 5.16. The van der Waals surface area contributed by atoms with Crippen LogP contribution >= 0.6 is 0 Å². The van der Waals surface area contributed by atoms with Crippen molar-refractivity contribution in [3.63, 3.8) is 0 Å².